The van der Waals surface area contributed by atoms with Gasteiger partial charge >= 0.3 is 0 Å². The molecule has 4 heavy (non-hydrogen) atoms. The topological polar surface area (TPSA) is 68.3 Å². The minimum Gasteiger partial charge on any atom is 0 e. The second kappa shape index (κ2) is 4.95. The van der Waals surface area contributed by atoms with Crippen molar-refractivity contribution in [3.8, 4) is 0 Å². The normalized spacial score (nSPS) is 2.00. The maximum atomic E-state index is 7.00. The van der Waals surface area contributed by atoms with Crippen molar-refractivity contribution in [2.45, 2.75) is 0 Å². The van der Waals surface area contributed by atoms with Crippen LogP contribution in [0.4, 0.5) is 0 Å². The van der Waals surface area contributed by atoms with Crippen LogP contribution < -0.4 is 0 Å². The van der Waals surface area contributed by atoms with E-state index in [0.29, 0.717) is 0 Å². The van der Waals surface area contributed by atoms with Crippen molar-refractivity contribution in [3.05, 3.63) is 19.9 Å². The van der Waals surface area contributed by atoms with Crippen LogP contribution in [0.1, 0.15) is 0 Å². The lowest BCUT2D eigenvalue weighted by Crippen LogP contribution is -0.674. The molecule has 0 atom stereocenters. The molecule has 0 amide bonds. The number of rotatable bonds is 0. The van der Waals surface area contributed by atoms with Gasteiger partial charge in [0.05, 0.1) is 0 Å². The summed E-state index contributed by atoms with van der Waals surface area (Å²) in [5.41, 5.74) is 0. The molecule has 0 saturated heterocycles. The summed E-state index contributed by atoms with van der Waals surface area (Å²) >= 11 is 0. The molecule has 0 spiro atoms. The summed E-state index contributed by atoms with van der Waals surface area (Å²) in [5.74, 6) is 0. The van der Waals surface area contributed by atoms with Gasteiger partial charge in [-0.15, -0.1) is 0 Å². The molecule has 0 aliphatic rings. The highest BCUT2D eigenvalue weighted by atomic mass is 16.7. The highest BCUT2D eigenvalue weighted by Crippen LogP contribution is 0.743. The van der Waals surface area contributed by atoms with Gasteiger partial charge in [0.15, 0.2) is 0 Å². The third-order valence-electron chi connectivity index (χ3n) is 0. The van der Waals surface area contributed by atoms with Crippen LogP contribution in [0.25, 0.3) is 0 Å². The molecule has 0 aliphatic carbocycles. The number of hydrogen-bond acceptors (Lipinski definition) is 4. The largest absolute Gasteiger partial charge is 0 e. The first-order valence-corrected chi connectivity index (χ1v) is 0.333. The third kappa shape index (κ3) is 0.0750. The summed E-state index contributed by atoms with van der Waals surface area (Å²) in [5, 5.41) is 0. The predicted octanol–water partition coefficient (Wildman–Crippen LogP) is 0.134. The van der Waals surface area contributed by atoms with Gasteiger partial charge in [-0.05, 0) is 0 Å². The number of hydrogen-bond donors (Lipinski definition) is 0. The lowest BCUT2D eigenvalue weighted by Gasteiger charge is -0.707. The zero-order valence-electron chi connectivity index (χ0n) is 1.63. The Bertz CT molecular complexity index is 2.00. The molecular formula is O4. The first-order valence-electron chi connectivity index (χ1n) is 0.333. The van der Waals surface area contributed by atoms with E-state index in [2.05, 4.69) is 0 Å². The van der Waals surface area contributed by atoms with Crippen LogP contribution in [0.3, 0.4) is 0 Å². The highest BCUT2D eigenvalue weighted by molar-refractivity contribution is 4.08. The van der Waals surface area contributed by atoms with Crippen LogP contribution in [-0.2, 0) is 0 Å². The minimum atomic E-state index is 7.00. The highest BCUT2D eigenvalue weighted by Gasteiger charge is 0.709. The molecular weight excluding hydrogens is 64.0 g/mol. The standard InChI is InChI=1S/2O2/c2*1-2. The van der Waals surface area contributed by atoms with E-state index in [0.717, 1.165) is 0 Å². The van der Waals surface area contributed by atoms with E-state index < -0.39 is 0 Å². The van der Waals surface area contributed by atoms with Gasteiger partial charge in [0.25, 0.3) is 0 Å². The lowest BCUT2D eigenvalue weighted by molar-refractivity contribution is 2.66. The molecule has 0 aromatic heterocycles. The Morgan fingerprint density at radius 2 is 0.500 bits per heavy atom. The minimum absolute atomic E-state index is 7.00. The van der Waals surface area contributed by atoms with Crippen LogP contribution in [0.5, 0.6) is 0 Å². The van der Waals surface area contributed by atoms with Crippen LogP contribution in [-0.4, -0.2) is 0 Å². The van der Waals surface area contributed by atoms with E-state index in [1.165, 1.54) is 0 Å². The van der Waals surface area contributed by atoms with E-state index in [1.54, 1.807) is 0 Å². The molecule has 0 bridgehead atoms. The summed E-state index contributed by atoms with van der Waals surface area (Å²) in [7, 11) is 0. The van der Waals surface area contributed by atoms with Crippen molar-refractivity contribution in [1.82, 2.24) is 0 Å². The second-order valence-electron chi connectivity index (χ2n) is 0. The fourth-order valence-corrected chi connectivity index (χ4v) is 0. The van der Waals surface area contributed by atoms with Crippen LogP contribution in [0, 0.1) is 19.9 Å². The lowest BCUT2D eigenvalue weighted by atomic mass is 15.3. The summed E-state index contributed by atoms with van der Waals surface area (Å²) in [4.78, 5) is 28.0. The van der Waals surface area contributed by atoms with Crippen LogP contribution in [0.15, 0.2) is 0 Å². The van der Waals surface area contributed by atoms with Crippen molar-refractivity contribution in [2.75, 3.05) is 0 Å². The molecule has 4 heteroatoms. The van der Waals surface area contributed by atoms with Crippen molar-refractivity contribution < 1.29 is 0 Å². The van der Waals surface area contributed by atoms with Gasteiger partial charge in [0.2, 0.25) is 0 Å². The molecule has 4 nitrogen and oxygen atoms in total. The summed E-state index contributed by atoms with van der Waals surface area (Å²) < 4.78 is 0. The Morgan fingerprint density at radius 3 is 0.500 bits per heavy atom. The van der Waals surface area contributed by atoms with Crippen molar-refractivity contribution >= 4 is 0 Å². The zero-order valence-corrected chi connectivity index (χ0v) is 1.63. The molecule has 0 aliphatic heterocycles. The first-order chi connectivity index (χ1) is 2.00. The fourth-order valence-electron chi connectivity index (χ4n) is 0. The summed E-state index contributed by atoms with van der Waals surface area (Å²) in [6.07, 6.45) is 0. The Hall–Kier alpha value is -0.800. The molecule has 24 valence electrons. The van der Waals surface area contributed by atoms with E-state index in [1.807, 2.05) is 0 Å². The van der Waals surface area contributed by atoms with Gasteiger partial charge in [-0.1, -0.05) is 0 Å². The Morgan fingerprint density at radius 1 is 0.500 bits per heavy atom. The summed E-state index contributed by atoms with van der Waals surface area (Å²) in [6.45, 7) is 0. The Kier molecular flexibility index (Phi) is 13.3. The van der Waals surface area contributed by atoms with Crippen LogP contribution >= 0.6 is 0 Å². The molecule has 0 saturated carbocycles. The third-order valence-corrected chi connectivity index (χ3v) is 0. The maximum Gasteiger partial charge on any atom is 0 e. The molecule has 0 N–H and O–H groups in total. The Labute approximate surface area is 21.2 Å². The van der Waals surface area contributed by atoms with E-state index in [4.69, 9.17) is 19.9 Å². The first kappa shape index (κ1) is 10.8. The van der Waals surface area contributed by atoms with E-state index in [9.17, 15) is 0 Å². The van der Waals surface area contributed by atoms with Crippen molar-refractivity contribution in [1.29, 1.82) is 0 Å². The average Bonchev–Trinajstić information content (AvgIpc) is 1.50. The van der Waals surface area contributed by atoms with Gasteiger partial charge in [-0.3, -0.25) is 0 Å². The van der Waals surface area contributed by atoms with Gasteiger partial charge in [-0.25, -0.2) is 0 Å². The SMILES string of the molecule is O=O.O=O. The maximum absolute atomic E-state index is 7.00. The van der Waals surface area contributed by atoms with Crippen molar-refractivity contribution in [2.24, 2.45) is 0 Å². The molecule has 0 radical (unpaired) electrons. The monoisotopic (exact) mass is 64.0 g/mol. The van der Waals surface area contributed by atoms with Crippen LogP contribution in [0.2, 0.25) is 0 Å². The fraction of sp³-hybridized carbons (Fsp3) is 0. The average molecular weight is 64.0 g/mol. The Balaban J connectivity index is 0. The molecule has 0 aromatic rings. The van der Waals surface area contributed by atoms with Gasteiger partial charge in [0.1, 0.15) is 0 Å². The quantitative estimate of drug-likeness (QED) is 0.401. The smallest absolute Gasteiger partial charge is 0 e. The van der Waals surface area contributed by atoms with Crippen molar-refractivity contribution in [3.63, 3.8) is 0 Å². The molecule has 0 fully saturated rings. The van der Waals surface area contributed by atoms with Gasteiger partial charge in [0, 0.05) is 19.9 Å². The van der Waals surface area contributed by atoms with Gasteiger partial charge in [-0.2, -0.15) is 0 Å². The predicted molar refractivity (Wildman–Crippen MR) is 13.5 cm³/mol. The molecule has 0 rings (SSSR count). The molecule has 0 unspecified atom stereocenters. The molecule has 0 heterocycles. The van der Waals surface area contributed by atoms with E-state index >= 15 is 0 Å². The molecule has 0 aromatic carbocycles. The van der Waals surface area contributed by atoms with E-state index in [-0.39, 0.29) is 0 Å². The second-order valence-corrected chi connectivity index (χ2v) is 0. The van der Waals surface area contributed by atoms with Gasteiger partial charge < -0.3 is 0 Å². The summed E-state index contributed by atoms with van der Waals surface area (Å²) in [6, 6.07) is 0. The zero-order chi connectivity index (χ0) is 4.00.